The molecule has 1 fully saturated rings. The van der Waals surface area contributed by atoms with Gasteiger partial charge >= 0.3 is 0 Å². The van der Waals surface area contributed by atoms with Crippen molar-refractivity contribution in [3.05, 3.63) is 24.3 Å². The van der Waals surface area contributed by atoms with E-state index >= 15 is 0 Å². The van der Waals surface area contributed by atoms with Crippen LogP contribution >= 0.6 is 0 Å². The highest BCUT2D eigenvalue weighted by atomic mass is 16.5. The molecule has 1 saturated heterocycles. The number of hydrogen-bond donors (Lipinski definition) is 0. The van der Waals surface area contributed by atoms with Crippen LogP contribution in [0.2, 0.25) is 0 Å². The van der Waals surface area contributed by atoms with E-state index in [1.165, 1.54) is 0 Å². The van der Waals surface area contributed by atoms with Gasteiger partial charge in [0, 0.05) is 12.8 Å². The summed E-state index contributed by atoms with van der Waals surface area (Å²) in [7, 11) is 0. The van der Waals surface area contributed by atoms with Crippen molar-refractivity contribution in [1.29, 1.82) is 0 Å². The van der Waals surface area contributed by atoms with Crippen molar-refractivity contribution in [2.24, 2.45) is 4.99 Å². The van der Waals surface area contributed by atoms with E-state index in [0.717, 1.165) is 30.9 Å². The Kier molecular flexibility index (Phi) is 2.18. The Balaban J connectivity index is 1.82. The lowest BCUT2D eigenvalue weighted by molar-refractivity contribution is 0.0441. The maximum Gasteiger partial charge on any atom is 0.160 e. The van der Waals surface area contributed by atoms with Crippen molar-refractivity contribution in [2.75, 3.05) is 6.61 Å². The summed E-state index contributed by atoms with van der Waals surface area (Å²) in [6.07, 6.45) is 4.22. The normalized spacial score (nSPS) is 28.5. The molecule has 0 aliphatic carbocycles. The summed E-state index contributed by atoms with van der Waals surface area (Å²) < 4.78 is 11.4. The van der Waals surface area contributed by atoms with Gasteiger partial charge in [0.05, 0.1) is 6.10 Å². The molecular formula is C12H13NO2. The zero-order chi connectivity index (χ0) is 10.1. The number of hydrogen-bond acceptors (Lipinski definition) is 3. The molecule has 15 heavy (non-hydrogen) atoms. The van der Waals surface area contributed by atoms with Crippen LogP contribution in [0.15, 0.2) is 29.3 Å². The van der Waals surface area contributed by atoms with Gasteiger partial charge in [-0.3, -0.25) is 4.99 Å². The first kappa shape index (κ1) is 8.92. The van der Waals surface area contributed by atoms with Gasteiger partial charge in [-0.2, -0.15) is 0 Å². The van der Waals surface area contributed by atoms with Crippen LogP contribution in [0, 0.1) is 0 Å². The monoisotopic (exact) mass is 203 g/mol. The Morgan fingerprint density at radius 3 is 3.07 bits per heavy atom. The van der Waals surface area contributed by atoms with Gasteiger partial charge in [0.1, 0.15) is 11.4 Å². The molecule has 0 bridgehead atoms. The van der Waals surface area contributed by atoms with Crippen LogP contribution in [-0.2, 0) is 4.74 Å². The lowest BCUT2D eigenvalue weighted by atomic mass is 10.1. The second kappa shape index (κ2) is 3.66. The molecule has 1 aromatic carbocycles. The number of fused-ring (bicyclic) bond motifs is 1. The Hall–Kier alpha value is -1.35. The van der Waals surface area contributed by atoms with Crippen LogP contribution in [-0.4, -0.2) is 25.0 Å². The Labute approximate surface area is 88.7 Å². The van der Waals surface area contributed by atoms with Crippen LogP contribution < -0.4 is 4.74 Å². The summed E-state index contributed by atoms with van der Waals surface area (Å²) in [5.74, 6) is 0.862. The number of para-hydroxylation sites is 2. The molecule has 0 saturated carbocycles. The highest BCUT2D eigenvalue weighted by Gasteiger charge is 2.28. The number of aliphatic imine (C=N–C) groups is 1. The fraction of sp³-hybridized carbons (Fsp3) is 0.417. The number of rotatable bonds is 1. The van der Waals surface area contributed by atoms with Crippen molar-refractivity contribution < 1.29 is 9.47 Å². The topological polar surface area (TPSA) is 30.8 Å². The molecule has 0 radical (unpaired) electrons. The highest BCUT2D eigenvalue weighted by molar-refractivity contribution is 5.74. The quantitative estimate of drug-likeness (QED) is 0.701. The van der Waals surface area contributed by atoms with Crippen molar-refractivity contribution in [1.82, 2.24) is 0 Å². The van der Waals surface area contributed by atoms with Gasteiger partial charge in [0.15, 0.2) is 6.10 Å². The molecular weight excluding hydrogens is 190 g/mol. The van der Waals surface area contributed by atoms with Gasteiger partial charge in [-0.15, -0.1) is 0 Å². The van der Waals surface area contributed by atoms with Gasteiger partial charge in [0.2, 0.25) is 0 Å². The van der Waals surface area contributed by atoms with Gasteiger partial charge in [0.25, 0.3) is 0 Å². The molecule has 2 aliphatic heterocycles. The van der Waals surface area contributed by atoms with E-state index < -0.39 is 0 Å². The van der Waals surface area contributed by atoms with E-state index in [9.17, 15) is 0 Å². The van der Waals surface area contributed by atoms with E-state index in [2.05, 4.69) is 4.99 Å². The molecule has 2 unspecified atom stereocenters. The molecule has 3 nitrogen and oxygen atoms in total. The number of benzene rings is 1. The molecule has 2 heterocycles. The second-order valence-corrected chi connectivity index (χ2v) is 3.88. The van der Waals surface area contributed by atoms with E-state index in [1.807, 2.05) is 30.5 Å². The lowest BCUT2D eigenvalue weighted by Gasteiger charge is -2.24. The predicted molar refractivity (Wildman–Crippen MR) is 58.0 cm³/mol. The predicted octanol–water partition coefficient (Wildman–Crippen LogP) is 2.33. The minimum Gasteiger partial charge on any atom is -0.480 e. The largest absolute Gasteiger partial charge is 0.480 e. The fourth-order valence-electron chi connectivity index (χ4n) is 2.03. The summed E-state index contributed by atoms with van der Waals surface area (Å²) >= 11 is 0. The molecule has 3 heteroatoms. The Morgan fingerprint density at radius 2 is 2.20 bits per heavy atom. The van der Waals surface area contributed by atoms with Crippen molar-refractivity contribution in [3.63, 3.8) is 0 Å². The fourth-order valence-corrected chi connectivity index (χ4v) is 2.03. The van der Waals surface area contributed by atoms with E-state index in [4.69, 9.17) is 9.47 Å². The third-order valence-electron chi connectivity index (χ3n) is 2.82. The second-order valence-electron chi connectivity index (χ2n) is 3.88. The number of nitrogens with zero attached hydrogens (tertiary/aromatic N) is 1. The minimum absolute atomic E-state index is 0.0117. The van der Waals surface area contributed by atoms with Crippen LogP contribution in [0.4, 0.5) is 5.69 Å². The summed E-state index contributed by atoms with van der Waals surface area (Å²) in [5.41, 5.74) is 0.909. The summed E-state index contributed by atoms with van der Waals surface area (Å²) in [4.78, 5) is 4.39. The van der Waals surface area contributed by atoms with Gasteiger partial charge in [-0.25, -0.2) is 0 Å². The molecule has 0 N–H and O–H groups in total. The van der Waals surface area contributed by atoms with Crippen molar-refractivity contribution >= 4 is 11.9 Å². The summed E-state index contributed by atoms with van der Waals surface area (Å²) in [5, 5.41) is 0. The van der Waals surface area contributed by atoms with E-state index in [1.54, 1.807) is 0 Å². The molecule has 0 aromatic heterocycles. The van der Waals surface area contributed by atoms with Crippen molar-refractivity contribution in [2.45, 2.75) is 25.0 Å². The summed E-state index contributed by atoms with van der Waals surface area (Å²) in [6, 6.07) is 7.84. The van der Waals surface area contributed by atoms with Gasteiger partial charge in [-0.05, 0) is 25.0 Å². The lowest BCUT2D eigenvalue weighted by Crippen LogP contribution is -2.34. The zero-order valence-electron chi connectivity index (χ0n) is 8.43. The maximum absolute atomic E-state index is 5.84. The van der Waals surface area contributed by atoms with Gasteiger partial charge in [-0.1, -0.05) is 12.1 Å². The van der Waals surface area contributed by atoms with E-state index in [-0.39, 0.29) is 12.2 Å². The third-order valence-corrected chi connectivity index (χ3v) is 2.82. The van der Waals surface area contributed by atoms with Crippen molar-refractivity contribution in [3.8, 4) is 5.75 Å². The zero-order valence-corrected chi connectivity index (χ0v) is 8.43. The Morgan fingerprint density at radius 1 is 1.27 bits per heavy atom. The smallest absolute Gasteiger partial charge is 0.160 e. The van der Waals surface area contributed by atoms with Crippen LogP contribution in [0.3, 0.4) is 0 Å². The first-order chi connectivity index (χ1) is 7.43. The minimum atomic E-state index is -0.0117. The standard InChI is InChI=1S/C12H13NO2/c1-2-5-10-9(4-1)13-8-12(15-10)11-6-3-7-14-11/h1-2,4-5,8,11-12H,3,6-7H2. The van der Waals surface area contributed by atoms with Gasteiger partial charge < -0.3 is 9.47 Å². The first-order valence-corrected chi connectivity index (χ1v) is 5.35. The summed E-state index contributed by atoms with van der Waals surface area (Å²) in [6.45, 7) is 0.847. The molecule has 0 amide bonds. The van der Waals surface area contributed by atoms with Crippen LogP contribution in [0.1, 0.15) is 12.8 Å². The molecule has 0 spiro atoms. The molecule has 1 aromatic rings. The highest BCUT2D eigenvalue weighted by Crippen LogP contribution is 2.32. The third kappa shape index (κ3) is 1.63. The number of ether oxygens (including phenoxy) is 2. The molecule has 78 valence electrons. The average molecular weight is 203 g/mol. The first-order valence-electron chi connectivity index (χ1n) is 5.35. The van der Waals surface area contributed by atoms with Crippen LogP contribution in [0.25, 0.3) is 0 Å². The molecule has 3 rings (SSSR count). The molecule has 2 atom stereocenters. The average Bonchev–Trinajstić information content (AvgIpc) is 2.82. The van der Waals surface area contributed by atoms with E-state index in [0.29, 0.717) is 0 Å². The van der Waals surface area contributed by atoms with Crippen LogP contribution in [0.5, 0.6) is 5.75 Å². The molecule has 2 aliphatic rings. The maximum atomic E-state index is 5.84. The SMILES string of the molecule is C1=Nc2ccccc2OC1C1CCCO1. The Bertz CT molecular complexity index is 383.